The minimum atomic E-state index is -0.857. The van der Waals surface area contributed by atoms with Gasteiger partial charge in [0.2, 0.25) is 0 Å². The average Bonchev–Trinajstić information content (AvgIpc) is 2.56. The molecule has 128 valence electrons. The fraction of sp³-hybridized carbons (Fsp3) is 0.611. The summed E-state index contributed by atoms with van der Waals surface area (Å²) in [5.74, 6) is 0.261. The second kappa shape index (κ2) is 8.31. The van der Waals surface area contributed by atoms with E-state index in [1.54, 1.807) is 7.11 Å². The summed E-state index contributed by atoms with van der Waals surface area (Å²) in [5, 5.41) is 16.3. The summed E-state index contributed by atoms with van der Waals surface area (Å²) in [6, 6.07) is 7.23. The highest BCUT2D eigenvalue weighted by molar-refractivity contribution is 5.90. The molecule has 1 saturated carbocycles. The van der Waals surface area contributed by atoms with Crippen molar-refractivity contribution in [3.05, 3.63) is 29.8 Å². The monoisotopic (exact) mass is 320 g/mol. The zero-order chi connectivity index (χ0) is 16.7. The van der Waals surface area contributed by atoms with E-state index in [0.717, 1.165) is 36.9 Å². The van der Waals surface area contributed by atoms with E-state index in [1.165, 1.54) is 6.42 Å². The maximum atomic E-state index is 12.1. The molecule has 0 radical (unpaired) electrons. The second-order valence-corrected chi connectivity index (χ2v) is 6.59. The lowest BCUT2D eigenvalue weighted by Crippen LogP contribution is -2.47. The Morgan fingerprint density at radius 1 is 1.30 bits per heavy atom. The quantitative estimate of drug-likeness (QED) is 0.753. The van der Waals surface area contributed by atoms with E-state index in [2.05, 4.69) is 10.6 Å². The average molecular weight is 320 g/mol. The summed E-state index contributed by atoms with van der Waals surface area (Å²) in [6.07, 6.45) is 5.64. The minimum absolute atomic E-state index is 0.260. The highest BCUT2D eigenvalue weighted by atomic mass is 16.5. The van der Waals surface area contributed by atoms with Gasteiger partial charge < -0.3 is 20.5 Å². The predicted molar refractivity (Wildman–Crippen MR) is 91.4 cm³/mol. The van der Waals surface area contributed by atoms with Crippen LogP contribution in [0.15, 0.2) is 24.3 Å². The zero-order valence-electron chi connectivity index (χ0n) is 14.1. The molecule has 1 aromatic rings. The first-order valence-electron chi connectivity index (χ1n) is 8.37. The number of hydrogen-bond donors (Lipinski definition) is 3. The van der Waals surface area contributed by atoms with Gasteiger partial charge in [-0.1, -0.05) is 37.5 Å². The summed E-state index contributed by atoms with van der Waals surface area (Å²) >= 11 is 0. The van der Waals surface area contributed by atoms with Crippen LogP contribution in [0.4, 0.5) is 10.5 Å². The Bertz CT molecular complexity index is 511. The molecule has 23 heavy (non-hydrogen) atoms. The van der Waals surface area contributed by atoms with Gasteiger partial charge in [0.15, 0.2) is 0 Å². The number of carbonyl (C=O) groups excluding carboxylic acids is 1. The number of carbonyl (C=O) groups is 1. The molecule has 1 unspecified atom stereocenters. The Labute approximate surface area is 138 Å². The molecule has 3 N–H and O–H groups in total. The molecular weight excluding hydrogens is 292 g/mol. The third-order valence-corrected chi connectivity index (χ3v) is 4.66. The number of methoxy groups -OCH3 is 1. The van der Waals surface area contributed by atoms with Crippen molar-refractivity contribution in [1.82, 2.24) is 5.32 Å². The van der Waals surface area contributed by atoms with Crippen LogP contribution in [0.1, 0.15) is 44.6 Å². The van der Waals surface area contributed by atoms with E-state index >= 15 is 0 Å². The Kier molecular flexibility index (Phi) is 6.42. The van der Waals surface area contributed by atoms with E-state index in [9.17, 15) is 9.90 Å². The van der Waals surface area contributed by atoms with Crippen LogP contribution in [0, 0.1) is 5.92 Å². The van der Waals surface area contributed by atoms with E-state index in [0.29, 0.717) is 6.61 Å². The van der Waals surface area contributed by atoms with Crippen LogP contribution in [-0.4, -0.2) is 30.4 Å². The van der Waals surface area contributed by atoms with Crippen LogP contribution in [0.25, 0.3) is 0 Å². The number of hydrogen-bond acceptors (Lipinski definition) is 3. The van der Waals surface area contributed by atoms with Crippen molar-refractivity contribution in [3.63, 3.8) is 0 Å². The van der Waals surface area contributed by atoms with Crippen LogP contribution in [0.3, 0.4) is 0 Å². The Morgan fingerprint density at radius 3 is 2.70 bits per heavy atom. The molecule has 0 bridgehead atoms. The van der Waals surface area contributed by atoms with Crippen LogP contribution < -0.4 is 10.6 Å². The largest absolute Gasteiger partial charge is 0.388 e. The fourth-order valence-corrected chi connectivity index (χ4v) is 3.22. The molecule has 5 nitrogen and oxygen atoms in total. The van der Waals surface area contributed by atoms with E-state index in [-0.39, 0.29) is 18.5 Å². The molecule has 2 rings (SSSR count). The van der Waals surface area contributed by atoms with Gasteiger partial charge in [-0.25, -0.2) is 4.79 Å². The molecule has 1 aliphatic carbocycles. The molecule has 1 atom stereocenters. The lowest BCUT2D eigenvalue weighted by atomic mass is 9.78. The van der Waals surface area contributed by atoms with Crippen molar-refractivity contribution in [2.45, 2.75) is 51.2 Å². The highest BCUT2D eigenvalue weighted by Crippen LogP contribution is 2.32. The van der Waals surface area contributed by atoms with Crippen LogP contribution in [0.2, 0.25) is 0 Å². The first-order valence-corrected chi connectivity index (χ1v) is 8.37. The van der Waals surface area contributed by atoms with Gasteiger partial charge in [-0.3, -0.25) is 0 Å². The lowest BCUT2D eigenvalue weighted by molar-refractivity contribution is -0.0127. The normalized spacial score (nSPS) is 18.2. The fourth-order valence-electron chi connectivity index (χ4n) is 3.22. The van der Waals surface area contributed by atoms with Gasteiger partial charge in [0.05, 0.1) is 12.2 Å². The van der Waals surface area contributed by atoms with Gasteiger partial charge >= 0.3 is 6.03 Å². The molecule has 0 aliphatic heterocycles. The van der Waals surface area contributed by atoms with Crippen molar-refractivity contribution in [1.29, 1.82) is 0 Å². The number of urea groups is 1. The van der Waals surface area contributed by atoms with Gasteiger partial charge in [-0.15, -0.1) is 0 Å². The van der Waals surface area contributed by atoms with Gasteiger partial charge in [-0.05, 0) is 31.7 Å². The minimum Gasteiger partial charge on any atom is -0.388 e. The van der Waals surface area contributed by atoms with Gasteiger partial charge in [0, 0.05) is 24.9 Å². The summed E-state index contributed by atoms with van der Waals surface area (Å²) in [6.45, 7) is 2.52. The van der Waals surface area contributed by atoms with Crippen LogP contribution in [0.5, 0.6) is 0 Å². The third kappa shape index (κ3) is 5.22. The molecule has 0 aromatic heterocycles. The Morgan fingerprint density at radius 2 is 2.00 bits per heavy atom. The van der Waals surface area contributed by atoms with E-state index in [1.807, 2.05) is 31.2 Å². The maximum Gasteiger partial charge on any atom is 0.319 e. The summed E-state index contributed by atoms with van der Waals surface area (Å²) < 4.78 is 5.13. The number of aliphatic hydroxyl groups is 1. The zero-order valence-corrected chi connectivity index (χ0v) is 14.1. The van der Waals surface area contributed by atoms with Crippen molar-refractivity contribution in [2.24, 2.45) is 5.92 Å². The lowest BCUT2D eigenvalue weighted by Gasteiger charge is -2.35. The van der Waals surface area contributed by atoms with Crippen LogP contribution in [-0.2, 0) is 11.3 Å². The molecular formula is C18H28N2O3. The molecule has 1 fully saturated rings. The molecule has 1 aliphatic rings. The number of rotatable bonds is 6. The van der Waals surface area contributed by atoms with Crippen molar-refractivity contribution < 1.29 is 14.6 Å². The second-order valence-electron chi connectivity index (χ2n) is 6.59. The molecule has 5 heteroatoms. The predicted octanol–water partition coefficient (Wildman–Crippen LogP) is 3.29. The van der Waals surface area contributed by atoms with Crippen molar-refractivity contribution >= 4 is 11.7 Å². The summed E-state index contributed by atoms with van der Waals surface area (Å²) in [7, 11) is 1.62. The summed E-state index contributed by atoms with van der Waals surface area (Å²) in [5.41, 5.74) is 0.789. The molecule has 0 spiro atoms. The first-order chi connectivity index (χ1) is 11.0. The topological polar surface area (TPSA) is 70.6 Å². The van der Waals surface area contributed by atoms with Crippen LogP contribution >= 0.6 is 0 Å². The first kappa shape index (κ1) is 17.8. The molecule has 0 saturated heterocycles. The number of amides is 2. The number of para-hydroxylation sites is 1. The van der Waals surface area contributed by atoms with Crippen molar-refractivity contribution in [3.8, 4) is 0 Å². The molecule has 1 aromatic carbocycles. The maximum absolute atomic E-state index is 12.1. The van der Waals surface area contributed by atoms with Gasteiger partial charge in [0.1, 0.15) is 0 Å². The van der Waals surface area contributed by atoms with Crippen molar-refractivity contribution in [2.75, 3.05) is 19.0 Å². The number of nitrogens with one attached hydrogen (secondary N) is 2. The number of anilines is 1. The van der Waals surface area contributed by atoms with Gasteiger partial charge in [-0.2, -0.15) is 0 Å². The Balaban J connectivity index is 1.87. The third-order valence-electron chi connectivity index (χ3n) is 4.66. The molecule has 2 amide bonds. The standard InChI is InChI=1S/C18H28N2O3/c1-18(22,15-9-4-3-5-10-15)13-19-17(21)20-16-11-7-6-8-14(16)12-23-2/h6-8,11,15,22H,3-5,9-10,12-13H2,1-2H3,(H2,19,20,21). The summed E-state index contributed by atoms with van der Waals surface area (Å²) in [4.78, 5) is 12.1. The smallest absolute Gasteiger partial charge is 0.319 e. The molecule has 0 heterocycles. The Hall–Kier alpha value is -1.59. The van der Waals surface area contributed by atoms with E-state index < -0.39 is 5.60 Å². The highest BCUT2D eigenvalue weighted by Gasteiger charge is 2.33. The number of benzene rings is 1. The van der Waals surface area contributed by atoms with Gasteiger partial charge in [0.25, 0.3) is 0 Å². The number of ether oxygens (including phenoxy) is 1. The SMILES string of the molecule is COCc1ccccc1NC(=O)NCC(C)(O)C1CCCCC1. The van der Waals surface area contributed by atoms with E-state index in [4.69, 9.17) is 4.74 Å².